The van der Waals surface area contributed by atoms with Crippen LogP contribution < -0.4 is 0 Å². The third kappa shape index (κ3) is 2.93. The first kappa shape index (κ1) is 12.7. The van der Waals surface area contributed by atoms with Gasteiger partial charge in [-0.1, -0.05) is 49.1 Å². The van der Waals surface area contributed by atoms with Crippen LogP contribution in [-0.4, -0.2) is 17.3 Å². The van der Waals surface area contributed by atoms with Crippen molar-refractivity contribution in [2.24, 2.45) is 0 Å². The lowest BCUT2D eigenvalue weighted by Gasteiger charge is -2.23. The largest absolute Gasteiger partial charge is 0.344 e. The van der Waals surface area contributed by atoms with Crippen LogP contribution in [0.4, 0.5) is 0 Å². The maximum atomic E-state index is 6.05. The minimum atomic E-state index is 0.495. The molecule has 0 spiro atoms. The summed E-state index contributed by atoms with van der Waals surface area (Å²) in [6, 6.07) is 10.2. The van der Waals surface area contributed by atoms with E-state index in [2.05, 4.69) is 35.9 Å². The second kappa shape index (κ2) is 6.27. The smallest absolute Gasteiger partial charge is 0.0494 e. The molecule has 0 atom stereocenters. The van der Waals surface area contributed by atoms with Gasteiger partial charge in [0.2, 0.25) is 0 Å². The molecule has 18 heavy (non-hydrogen) atoms. The lowest BCUT2D eigenvalue weighted by Crippen LogP contribution is -2.18. The average Bonchev–Trinajstić information content (AvgIpc) is 2.46. The second-order valence-corrected chi connectivity index (χ2v) is 4.30. The van der Waals surface area contributed by atoms with E-state index >= 15 is 0 Å². The second-order valence-electron chi connectivity index (χ2n) is 4.03. The normalized spacial score (nSPS) is 15.5. The molecule has 1 heterocycles. The highest BCUT2D eigenvalue weighted by molar-refractivity contribution is 6.23. The summed E-state index contributed by atoms with van der Waals surface area (Å²) in [5.74, 6) is 0.495. The van der Waals surface area contributed by atoms with Gasteiger partial charge in [0.1, 0.15) is 0 Å². The minimum absolute atomic E-state index is 0.495. The van der Waals surface area contributed by atoms with Crippen LogP contribution in [0, 0.1) is 0 Å². The van der Waals surface area contributed by atoms with Crippen molar-refractivity contribution in [2.75, 3.05) is 12.4 Å². The number of hydrogen-bond donors (Lipinski definition) is 0. The van der Waals surface area contributed by atoms with Crippen molar-refractivity contribution in [2.45, 2.75) is 0 Å². The predicted molar refractivity (Wildman–Crippen MR) is 79.3 cm³/mol. The number of rotatable bonds is 4. The summed E-state index contributed by atoms with van der Waals surface area (Å²) in [6.45, 7) is 4.69. The first-order valence-corrected chi connectivity index (χ1v) is 6.46. The SMILES string of the molecule is C=CC1=CC=CCN1C=C(CCl)c1ccccc1. The lowest BCUT2D eigenvalue weighted by molar-refractivity contribution is 0.529. The Morgan fingerprint density at radius 1 is 1.33 bits per heavy atom. The highest BCUT2D eigenvalue weighted by Crippen LogP contribution is 2.20. The van der Waals surface area contributed by atoms with Crippen LogP contribution in [-0.2, 0) is 0 Å². The quantitative estimate of drug-likeness (QED) is 0.731. The summed E-state index contributed by atoms with van der Waals surface area (Å²) in [5, 5.41) is 0. The number of nitrogens with zero attached hydrogens (tertiary/aromatic N) is 1. The molecule has 0 saturated heterocycles. The van der Waals surface area contributed by atoms with Crippen LogP contribution >= 0.6 is 11.6 Å². The van der Waals surface area contributed by atoms with E-state index in [9.17, 15) is 0 Å². The van der Waals surface area contributed by atoms with E-state index in [4.69, 9.17) is 11.6 Å². The van der Waals surface area contributed by atoms with Crippen LogP contribution in [0.15, 0.2) is 73.1 Å². The molecule has 1 aromatic rings. The first-order valence-electron chi connectivity index (χ1n) is 5.93. The van der Waals surface area contributed by atoms with Crippen molar-refractivity contribution in [1.29, 1.82) is 0 Å². The first-order chi connectivity index (χ1) is 8.85. The van der Waals surface area contributed by atoms with Gasteiger partial charge in [0.15, 0.2) is 0 Å². The predicted octanol–water partition coefficient (Wildman–Crippen LogP) is 4.21. The fourth-order valence-electron chi connectivity index (χ4n) is 1.88. The summed E-state index contributed by atoms with van der Waals surface area (Å²) >= 11 is 6.05. The topological polar surface area (TPSA) is 3.24 Å². The summed E-state index contributed by atoms with van der Waals surface area (Å²) < 4.78 is 0. The van der Waals surface area contributed by atoms with E-state index in [1.165, 1.54) is 0 Å². The maximum Gasteiger partial charge on any atom is 0.0494 e. The van der Waals surface area contributed by atoms with Gasteiger partial charge in [-0.25, -0.2) is 0 Å². The number of hydrogen-bond acceptors (Lipinski definition) is 1. The molecule has 1 aliphatic heterocycles. The number of alkyl halides is 1. The van der Waals surface area contributed by atoms with Gasteiger partial charge in [0.05, 0.1) is 0 Å². The lowest BCUT2D eigenvalue weighted by atomic mass is 10.1. The molecule has 0 amide bonds. The van der Waals surface area contributed by atoms with E-state index in [0.29, 0.717) is 5.88 Å². The Hall–Kier alpha value is -1.73. The molecule has 0 fully saturated rings. The van der Waals surface area contributed by atoms with Crippen LogP contribution in [0.5, 0.6) is 0 Å². The molecule has 1 nitrogen and oxygen atoms in total. The van der Waals surface area contributed by atoms with Gasteiger partial charge >= 0.3 is 0 Å². The molecule has 1 aliphatic rings. The molecular formula is C16H16ClN. The standard InChI is InChI=1S/C16H16ClN/c1-2-16-10-6-7-11-18(16)13-15(12-17)14-8-4-3-5-9-14/h2-10,13H,1,11-12H2. The van der Waals surface area contributed by atoms with Gasteiger partial charge in [0.25, 0.3) is 0 Å². The Morgan fingerprint density at radius 2 is 2.11 bits per heavy atom. The van der Waals surface area contributed by atoms with Crippen LogP contribution in [0.25, 0.3) is 5.57 Å². The fourth-order valence-corrected chi connectivity index (χ4v) is 2.10. The minimum Gasteiger partial charge on any atom is -0.344 e. The molecule has 0 bridgehead atoms. The van der Waals surface area contributed by atoms with Crippen LogP contribution in [0.3, 0.4) is 0 Å². The Kier molecular flexibility index (Phi) is 4.43. The van der Waals surface area contributed by atoms with E-state index < -0.39 is 0 Å². The van der Waals surface area contributed by atoms with E-state index in [0.717, 1.165) is 23.4 Å². The van der Waals surface area contributed by atoms with E-state index in [1.54, 1.807) is 0 Å². The molecule has 1 aromatic carbocycles. The van der Waals surface area contributed by atoms with E-state index in [-0.39, 0.29) is 0 Å². The van der Waals surface area contributed by atoms with Crippen molar-refractivity contribution >= 4 is 17.2 Å². The van der Waals surface area contributed by atoms with E-state index in [1.807, 2.05) is 36.4 Å². The molecule has 0 unspecified atom stereocenters. The third-order valence-corrected chi connectivity index (χ3v) is 3.13. The van der Waals surface area contributed by atoms with Gasteiger partial charge in [-0.15, -0.1) is 11.6 Å². The Labute approximate surface area is 113 Å². The van der Waals surface area contributed by atoms with Gasteiger partial charge in [-0.3, -0.25) is 0 Å². The molecule has 0 radical (unpaired) electrons. The summed E-state index contributed by atoms with van der Waals surface area (Å²) in [5.41, 5.74) is 3.36. The number of halogens is 1. The molecule has 0 aromatic heterocycles. The Bertz CT molecular complexity index is 497. The van der Waals surface area contributed by atoms with Crippen molar-refractivity contribution < 1.29 is 0 Å². The molecule has 92 valence electrons. The van der Waals surface area contributed by atoms with Crippen LogP contribution in [0.1, 0.15) is 5.56 Å². The molecule has 2 rings (SSSR count). The van der Waals surface area contributed by atoms with Crippen molar-refractivity contribution in [1.82, 2.24) is 4.90 Å². The number of allylic oxidation sites excluding steroid dienone is 4. The molecule has 0 N–H and O–H groups in total. The van der Waals surface area contributed by atoms with Gasteiger partial charge in [-0.2, -0.15) is 0 Å². The fraction of sp³-hybridized carbons (Fsp3) is 0.125. The van der Waals surface area contributed by atoms with Gasteiger partial charge in [-0.05, 0) is 23.3 Å². The zero-order chi connectivity index (χ0) is 12.8. The van der Waals surface area contributed by atoms with Crippen molar-refractivity contribution in [3.63, 3.8) is 0 Å². The zero-order valence-electron chi connectivity index (χ0n) is 10.2. The third-order valence-electron chi connectivity index (χ3n) is 2.85. The number of benzene rings is 1. The maximum absolute atomic E-state index is 6.05. The zero-order valence-corrected chi connectivity index (χ0v) is 11.0. The highest BCUT2D eigenvalue weighted by atomic mass is 35.5. The van der Waals surface area contributed by atoms with Crippen molar-refractivity contribution in [3.05, 3.63) is 78.7 Å². The van der Waals surface area contributed by atoms with Crippen molar-refractivity contribution in [3.8, 4) is 0 Å². The van der Waals surface area contributed by atoms with Gasteiger partial charge in [0, 0.05) is 24.3 Å². The summed E-state index contributed by atoms with van der Waals surface area (Å²) in [7, 11) is 0. The molecule has 0 saturated carbocycles. The average molecular weight is 258 g/mol. The van der Waals surface area contributed by atoms with Gasteiger partial charge < -0.3 is 4.90 Å². The Morgan fingerprint density at radius 3 is 2.78 bits per heavy atom. The summed E-state index contributed by atoms with van der Waals surface area (Å²) in [4.78, 5) is 2.15. The monoisotopic (exact) mass is 257 g/mol. The molecular weight excluding hydrogens is 242 g/mol. The highest BCUT2D eigenvalue weighted by Gasteiger charge is 2.07. The summed E-state index contributed by atoms with van der Waals surface area (Å²) in [6.07, 6.45) is 10.2. The van der Waals surface area contributed by atoms with Crippen LogP contribution in [0.2, 0.25) is 0 Å². The molecule has 2 heteroatoms. The Balaban J connectivity index is 2.28. The molecule has 0 aliphatic carbocycles.